The second kappa shape index (κ2) is 7.40. The summed E-state index contributed by atoms with van der Waals surface area (Å²) in [5.74, 6) is -0.0736. The number of carboxylic acids is 1. The number of aromatic nitrogens is 2. The fourth-order valence-corrected chi connectivity index (χ4v) is 2.87. The number of hydrogen-bond donors (Lipinski definition) is 2. The third-order valence-electron chi connectivity index (χ3n) is 4.12. The molecule has 2 N–H and O–H groups in total. The van der Waals surface area contributed by atoms with Gasteiger partial charge in [0.1, 0.15) is 0 Å². The molecule has 6 nitrogen and oxygen atoms in total. The quantitative estimate of drug-likeness (QED) is 0.848. The highest BCUT2D eigenvalue weighted by Gasteiger charge is 2.15. The van der Waals surface area contributed by atoms with Crippen LogP contribution in [0.5, 0.6) is 0 Å². The van der Waals surface area contributed by atoms with Gasteiger partial charge in [-0.25, -0.2) is 14.8 Å². The number of anilines is 1. The standard InChI is InChI=1S/C18H22N4O2/c1-13-10-16(21-18(20-13)22-8-2-3-9-22)12-19-11-14-4-6-15(7-5-14)17(23)24/h4-7,10,19H,2-3,8-9,11-12H2,1H3,(H,23,24). The first-order valence-electron chi connectivity index (χ1n) is 8.24. The van der Waals surface area contributed by atoms with Gasteiger partial charge in [0.15, 0.2) is 0 Å². The largest absolute Gasteiger partial charge is 0.478 e. The number of benzene rings is 1. The summed E-state index contributed by atoms with van der Waals surface area (Å²) in [6, 6.07) is 8.91. The van der Waals surface area contributed by atoms with Gasteiger partial charge in [0.2, 0.25) is 5.95 Å². The first kappa shape index (κ1) is 16.4. The number of carbonyl (C=O) groups is 1. The summed E-state index contributed by atoms with van der Waals surface area (Å²) in [6.45, 7) is 5.39. The summed E-state index contributed by atoms with van der Waals surface area (Å²) < 4.78 is 0. The van der Waals surface area contributed by atoms with Crippen LogP contribution in [0.25, 0.3) is 0 Å². The van der Waals surface area contributed by atoms with Crippen molar-refractivity contribution in [2.45, 2.75) is 32.9 Å². The number of nitrogens with zero attached hydrogens (tertiary/aromatic N) is 3. The highest BCUT2D eigenvalue weighted by molar-refractivity contribution is 5.87. The van der Waals surface area contributed by atoms with Gasteiger partial charge in [-0.2, -0.15) is 0 Å². The van der Waals surface area contributed by atoms with Crippen LogP contribution in [0.1, 0.15) is 40.2 Å². The molecule has 1 fully saturated rings. The highest BCUT2D eigenvalue weighted by Crippen LogP contribution is 2.16. The maximum absolute atomic E-state index is 10.9. The zero-order valence-corrected chi connectivity index (χ0v) is 13.8. The van der Waals surface area contributed by atoms with E-state index in [9.17, 15) is 4.79 Å². The second-order valence-electron chi connectivity index (χ2n) is 6.10. The van der Waals surface area contributed by atoms with Crippen molar-refractivity contribution >= 4 is 11.9 Å². The molecule has 6 heteroatoms. The summed E-state index contributed by atoms with van der Waals surface area (Å²) in [5.41, 5.74) is 3.31. The van der Waals surface area contributed by atoms with Crippen molar-refractivity contribution < 1.29 is 9.90 Å². The minimum absolute atomic E-state index is 0.306. The number of carboxylic acid groups (broad SMARTS) is 1. The lowest BCUT2D eigenvalue weighted by atomic mass is 10.1. The molecule has 0 unspecified atom stereocenters. The van der Waals surface area contributed by atoms with Crippen LogP contribution in [-0.2, 0) is 13.1 Å². The van der Waals surface area contributed by atoms with E-state index >= 15 is 0 Å². The minimum atomic E-state index is -0.902. The van der Waals surface area contributed by atoms with E-state index in [4.69, 9.17) is 5.11 Å². The lowest BCUT2D eigenvalue weighted by Gasteiger charge is -2.16. The number of hydrogen-bond acceptors (Lipinski definition) is 5. The van der Waals surface area contributed by atoms with Gasteiger partial charge in [-0.1, -0.05) is 12.1 Å². The SMILES string of the molecule is Cc1cc(CNCc2ccc(C(=O)O)cc2)nc(N2CCCC2)n1. The van der Waals surface area contributed by atoms with Crippen LogP contribution in [0, 0.1) is 6.92 Å². The topological polar surface area (TPSA) is 78.3 Å². The number of nitrogens with one attached hydrogen (secondary N) is 1. The summed E-state index contributed by atoms with van der Waals surface area (Å²) in [4.78, 5) is 22.3. The molecule has 1 aromatic carbocycles. The molecule has 1 aliphatic rings. The molecule has 2 aromatic rings. The van der Waals surface area contributed by atoms with E-state index in [0.29, 0.717) is 18.7 Å². The molecule has 0 aliphatic carbocycles. The summed E-state index contributed by atoms with van der Waals surface area (Å²) in [7, 11) is 0. The Kier molecular flexibility index (Phi) is 5.05. The van der Waals surface area contributed by atoms with Crippen molar-refractivity contribution in [1.29, 1.82) is 0 Å². The van der Waals surface area contributed by atoms with Crippen molar-refractivity contribution in [2.75, 3.05) is 18.0 Å². The number of aryl methyl sites for hydroxylation is 1. The number of rotatable bonds is 6. The molecule has 24 heavy (non-hydrogen) atoms. The highest BCUT2D eigenvalue weighted by atomic mass is 16.4. The Morgan fingerprint density at radius 2 is 1.88 bits per heavy atom. The van der Waals surface area contributed by atoms with Gasteiger partial charge >= 0.3 is 5.97 Å². The Labute approximate surface area is 141 Å². The lowest BCUT2D eigenvalue weighted by Crippen LogP contribution is -2.22. The zero-order valence-electron chi connectivity index (χ0n) is 13.8. The molecule has 0 amide bonds. The van der Waals surface area contributed by atoms with Crippen LogP contribution >= 0.6 is 0 Å². The van der Waals surface area contributed by atoms with Crippen LogP contribution in [-0.4, -0.2) is 34.1 Å². The van der Waals surface area contributed by atoms with Gasteiger partial charge in [0, 0.05) is 31.9 Å². The van der Waals surface area contributed by atoms with Gasteiger partial charge in [-0.15, -0.1) is 0 Å². The molecule has 2 heterocycles. The van der Waals surface area contributed by atoms with Crippen LogP contribution in [0.2, 0.25) is 0 Å². The van der Waals surface area contributed by atoms with Crippen LogP contribution < -0.4 is 10.2 Å². The van der Waals surface area contributed by atoms with Crippen LogP contribution in [0.15, 0.2) is 30.3 Å². The average molecular weight is 326 g/mol. The second-order valence-corrected chi connectivity index (χ2v) is 6.10. The van der Waals surface area contributed by atoms with Gasteiger partial charge in [0.25, 0.3) is 0 Å². The monoisotopic (exact) mass is 326 g/mol. The van der Waals surface area contributed by atoms with E-state index in [1.54, 1.807) is 12.1 Å². The normalized spacial score (nSPS) is 14.1. The first-order chi connectivity index (χ1) is 11.6. The smallest absolute Gasteiger partial charge is 0.335 e. The van der Waals surface area contributed by atoms with Gasteiger partial charge in [-0.05, 0) is 43.5 Å². The van der Waals surface area contributed by atoms with E-state index in [-0.39, 0.29) is 0 Å². The van der Waals surface area contributed by atoms with Gasteiger partial charge in [0.05, 0.1) is 11.3 Å². The minimum Gasteiger partial charge on any atom is -0.478 e. The average Bonchev–Trinajstić information content (AvgIpc) is 3.09. The summed E-state index contributed by atoms with van der Waals surface area (Å²) in [5, 5.41) is 12.3. The van der Waals surface area contributed by atoms with E-state index in [0.717, 1.165) is 36.0 Å². The predicted octanol–water partition coefficient (Wildman–Crippen LogP) is 2.37. The lowest BCUT2D eigenvalue weighted by molar-refractivity contribution is 0.0697. The summed E-state index contributed by atoms with van der Waals surface area (Å²) >= 11 is 0. The maximum atomic E-state index is 10.9. The van der Waals surface area contributed by atoms with Crippen molar-refractivity contribution in [1.82, 2.24) is 15.3 Å². The number of aromatic carboxylic acids is 1. The molecule has 1 saturated heterocycles. The molecule has 0 saturated carbocycles. The molecule has 0 bridgehead atoms. The van der Waals surface area contributed by atoms with Gasteiger partial charge < -0.3 is 15.3 Å². The molecule has 0 spiro atoms. The third-order valence-corrected chi connectivity index (χ3v) is 4.12. The molecule has 126 valence electrons. The van der Waals surface area contributed by atoms with E-state index in [1.165, 1.54) is 12.8 Å². The Morgan fingerprint density at radius 1 is 1.17 bits per heavy atom. The maximum Gasteiger partial charge on any atom is 0.335 e. The van der Waals surface area contributed by atoms with E-state index in [1.807, 2.05) is 25.1 Å². The van der Waals surface area contributed by atoms with Crippen molar-refractivity contribution in [3.63, 3.8) is 0 Å². The predicted molar refractivity (Wildman–Crippen MR) is 92.2 cm³/mol. The summed E-state index contributed by atoms with van der Waals surface area (Å²) in [6.07, 6.45) is 2.41. The Balaban J connectivity index is 1.59. The molecular formula is C18H22N4O2. The first-order valence-corrected chi connectivity index (χ1v) is 8.24. The van der Waals surface area contributed by atoms with Crippen molar-refractivity contribution in [3.8, 4) is 0 Å². The molecule has 3 rings (SSSR count). The Morgan fingerprint density at radius 3 is 2.54 bits per heavy atom. The molecule has 1 aliphatic heterocycles. The molecular weight excluding hydrogens is 304 g/mol. The zero-order chi connectivity index (χ0) is 16.9. The van der Waals surface area contributed by atoms with Crippen LogP contribution in [0.4, 0.5) is 5.95 Å². The fraction of sp³-hybridized carbons (Fsp3) is 0.389. The Hall–Kier alpha value is -2.47. The molecule has 1 aromatic heterocycles. The van der Waals surface area contributed by atoms with Crippen molar-refractivity contribution in [3.05, 3.63) is 52.8 Å². The van der Waals surface area contributed by atoms with Gasteiger partial charge in [-0.3, -0.25) is 0 Å². The van der Waals surface area contributed by atoms with E-state index < -0.39 is 5.97 Å². The molecule has 0 atom stereocenters. The molecule has 0 radical (unpaired) electrons. The third kappa shape index (κ3) is 4.08. The van der Waals surface area contributed by atoms with Crippen LogP contribution in [0.3, 0.4) is 0 Å². The van der Waals surface area contributed by atoms with E-state index in [2.05, 4.69) is 20.2 Å². The van der Waals surface area contributed by atoms with Crippen molar-refractivity contribution in [2.24, 2.45) is 0 Å². The Bertz CT molecular complexity index is 709. The fourth-order valence-electron chi connectivity index (χ4n) is 2.87.